The molecule has 108 valence electrons. The summed E-state index contributed by atoms with van der Waals surface area (Å²) in [4.78, 5) is 12.0. The van der Waals surface area contributed by atoms with Crippen molar-refractivity contribution in [1.82, 2.24) is 0 Å². The number of fused-ring (bicyclic) bond motifs is 1. The number of hydrogen-bond acceptors (Lipinski definition) is 5. The standard InChI is InChI=1S/C14H16O5S/c15-14(19-8-20(16)17)12-7-11(9-3-4-9)6-10-2-1-5-18-13(10)12/h6-7,9,20H,1-5,8H2. The van der Waals surface area contributed by atoms with E-state index in [0.717, 1.165) is 36.8 Å². The van der Waals surface area contributed by atoms with Crippen LogP contribution in [0.3, 0.4) is 0 Å². The van der Waals surface area contributed by atoms with Gasteiger partial charge in [-0.05, 0) is 48.8 Å². The lowest BCUT2D eigenvalue weighted by Crippen LogP contribution is -2.16. The number of carbonyl (C=O) groups is 1. The zero-order chi connectivity index (χ0) is 14.1. The second-order valence-electron chi connectivity index (χ2n) is 5.18. The quantitative estimate of drug-likeness (QED) is 0.675. The summed E-state index contributed by atoms with van der Waals surface area (Å²) in [7, 11) is -2.73. The van der Waals surface area contributed by atoms with Gasteiger partial charge in [-0.15, -0.1) is 0 Å². The topological polar surface area (TPSA) is 69.7 Å². The Kier molecular flexibility index (Phi) is 3.65. The number of carbonyl (C=O) groups excluding carboxylic acids is 1. The predicted molar refractivity (Wildman–Crippen MR) is 72.8 cm³/mol. The molecule has 0 N–H and O–H groups in total. The molecule has 1 saturated carbocycles. The van der Waals surface area contributed by atoms with Gasteiger partial charge in [-0.2, -0.15) is 0 Å². The van der Waals surface area contributed by atoms with Crippen molar-refractivity contribution in [1.29, 1.82) is 0 Å². The molecule has 20 heavy (non-hydrogen) atoms. The molecule has 2 aliphatic rings. The summed E-state index contributed by atoms with van der Waals surface area (Å²) in [5.41, 5.74) is 2.52. The van der Waals surface area contributed by atoms with Gasteiger partial charge in [-0.1, -0.05) is 6.07 Å². The third-order valence-corrected chi connectivity index (χ3v) is 3.93. The summed E-state index contributed by atoms with van der Waals surface area (Å²) in [5, 5.41) is 0. The summed E-state index contributed by atoms with van der Waals surface area (Å²) in [6.07, 6.45) is 4.09. The summed E-state index contributed by atoms with van der Waals surface area (Å²) in [6, 6.07) is 3.90. The molecular weight excluding hydrogens is 280 g/mol. The highest BCUT2D eigenvalue weighted by Crippen LogP contribution is 2.43. The monoisotopic (exact) mass is 296 g/mol. The van der Waals surface area contributed by atoms with Gasteiger partial charge < -0.3 is 9.47 Å². The van der Waals surface area contributed by atoms with Gasteiger partial charge in [0.2, 0.25) is 0 Å². The predicted octanol–water partition coefficient (Wildman–Crippen LogP) is 1.61. The van der Waals surface area contributed by atoms with Crippen molar-refractivity contribution in [2.45, 2.75) is 31.6 Å². The minimum atomic E-state index is -2.73. The Balaban J connectivity index is 1.94. The molecule has 0 aromatic heterocycles. The molecular formula is C14H16O5S. The van der Waals surface area contributed by atoms with Crippen molar-refractivity contribution in [2.24, 2.45) is 0 Å². The molecule has 0 spiro atoms. The number of benzene rings is 1. The first-order chi connectivity index (χ1) is 9.65. The maximum Gasteiger partial charge on any atom is 0.342 e. The fourth-order valence-corrected chi connectivity index (χ4v) is 2.72. The molecule has 1 aromatic rings. The molecule has 1 aliphatic carbocycles. The molecule has 0 saturated heterocycles. The normalized spacial score (nSPS) is 17.4. The Bertz CT molecular complexity index is 608. The Morgan fingerprint density at radius 2 is 2.15 bits per heavy atom. The van der Waals surface area contributed by atoms with E-state index in [1.807, 2.05) is 0 Å². The SMILES string of the molecule is O=C(OC[SH](=O)=O)c1cc(C2CC2)cc2c1OCCC2. The van der Waals surface area contributed by atoms with Crippen LogP contribution in [0.4, 0.5) is 0 Å². The van der Waals surface area contributed by atoms with Gasteiger partial charge in [-0.25, -0.2) is 13.2 Å². The summed E-state index contributed by atoms with van der Waals surface area (Å²) >= 11 is 0. The van der Waals surface area contributed by atoms with Gasteiger partial charge >= 0.3 is 5.97 Å². The second kappa shape index (κ2) is 5.44. The fourth-order valence-electron chi connectivity index (χ4n) is 2.50. The van der Waals surface area contributed by atoms with E-state index in [0.29, 0.717) is 23.8 Å². The van der Waals surface area contributed by atoms with E-state index in [1.165, 1.54) is 0 Å². The highest BCUT2D eigenvalue weighted by molar-refractivity contribution is 7.72. The maximum absolute atomic E-state index is 12.0. The maximum atomic E-state index is 12.0. The average molecular weight is 296 g/mol. The van der Waals surface area contributed by atoms with Gasteiger partial charge in [0.25, 0.3) is 0 Å². The highest BCUT2D eigenvalue weighted by Gasteiger charge is 2.28. The van der Waals surface area contributed by atoms with Gasteiger partial charge in [-0.3, -0.25) is 0 Å². The van der Waals surface area contributed by atoms with Crippen molar-refractivity contribution in [3.05, 3.63) is 28.8 Å². The number of hydrogen-bond donors (Lipinski definition) is 1. The first-order valence-corrected chi connectivity index (χ1v) is 8.10. The van der Waals surface area contributed by atoms with Crippen LogP contribution < -0.4 is 4.74 Å². The van der Waals surface area contributed by atoms with Crippen molar-refractivity contribution < 1.29 is 22.7 Å². The van der Waals surface area contributed by atoms with Crippen LogP contribution in [0.1, 0.15) is 46.7 Å². The lowest BCUT2D eigenvalue weighted by atomic mass is 9.97. The van der Waals surface area contributed by atoms with Gasteiger partial charge in [0, 0.05) is 0 Å². The minimum absolute atomic E-state index is 0.362. The summed E-state index contributed by atoms with van der Waals surface area (Å²) in [5.74, 6) is -0.127. The van der Waals surface area contributed by atoms with Crippen molar-refractivity contribution >= 4 is 16.7 Å². The van der Waals surface area contributed by atoms with E-state index < -0.39 is 22.6 Å². The van der Waals surface area contributed by atoms with E-state index in [4.69, 9.17) is 9.47 Å². The molecule has 0 radical (unpaired) electrons. The zero-order valence-corrected chi connectivity index (χ0v) is 11.9. The summed E-state index contributed by atoms with van der Waals surface area (Å²) in [6.45, 7) is 0.575. The molecule has 0 bridgehead atoms. The first-order valence-electron chi connectivity index (χ1n) is 6.73. The number of thiol groups is 1. The smallest absolute Gasteiger partial charge is 0.342 e. The molecule has 1 aromatic carbocycles. The van der Waals surface area contributed by atoms with Crippen molar-refractivity contribution in [2.75, 3.05) is 12.5 Å². The lowest BCUT2D eigenvalue weighted by Gasteiger charge is -2.21. The van der Waals surface area contributed by atoms with E-state index in [-0.39, 0.29) is 0 Å². The van der Waals surface area contributed by atoms with E-state index in [9.17, 15) is 13.2 Å². The van der Waals surface area contributed by atoms with Crippen LogP contribution in [-0.2, 0) is 21.9 Å². The Labute approximate surface area is 118 Å². The molecule has 1 heterocycles. The van der Waals surface area contributed by atoms with Gasteiger partial charge in [0.05, 0.1) is 6.61 Å². The van der Waals surface area contributed by atoms with Gasteiger partial charge in [0.15, 0.2) is 16.6 Å². The number of ether oxygens (including phenoxy) is 2. The highest BCUT2D eigenvalue weighted by atomic mass is 32.2. The molecule has 6 heteroatoms. The van der Waals surface area contributed by atoms with Crippen LogP contribution in [0.2, 0.25) is 0 Å². The largest absolute Gasteiger partial charge is 0.492 e. The Morgan fingerprint density at radius 3 is 2.85 bits per heavy atom. The second-order valence-corrected chi connectivity index (χ2v) is 6.10. The fraction of sp³-hybridized carbons (Fsp3) is 0.500. The third kappa shape index (κ3) is 2.80. The Morgan fingerprint density at radius 1 is 1.35 bits per heavy atom. The molecule has 1 aliphatic heterocycles. The van der Waals surface area contributed by atoms with Crippen molar-refractivity contribution in [3.63, 3.8) is 0 Å². The molecule has 5 nitrogen and oxygen atoms in total. The number of esters is 1. The van der Waals surface area contributed by atoms with E-state index >= 15 is 0 Å². The van der Waals surface area contributed by atoms with Crippen LogP contribution >= 0.6 is 0 Å². The van der Waals surface area contributed by atoms with Crippen LogP contribution in [-0.4, -0.2) is 26.9 Å². The van der Waals surface area contributed by atoms with Crippen LogP contribution in [0.5, 0.6) is 5.75 Å². The van der Waals surface area contributed by atoms with E-state index in [1.54, 1.807) is 6.07 Å². The Hall–Kier alpha value is -1.56. The number of rotatable bonds is 4. The van der Waals surface area contributed by atoms with E-state index in [2.05, 4.69) is 6.07 Å². The zero-order valence-electron chi connectivity index (χ0n) is 11.0. The third-order valence-electron chi connectivity index (χ3n) is 3.59. The van der Waals surface area contributed by atoms with Gasteiger partial charge in [0.1, 0.15) is 11.3 Å². The van der Waals surface area contributed by atoms with Crippen molar-refractivity contribution in [3.8, 4) is 5.75 Å². The molecule has 3 rings (SSSR count). The van der Waals surface area contributed by atoms with Crippen LogP contribution in [0.25, 0.3) is 0 Å². The number of aryl methyl sites for hydroxylation is 1. The lowest BCUT2D eigenvalue weighted by molar-refractivity contribution is 0.0568. The summed E-state index contributed by atoms with van der Waals surface area (Å²) < 4.78 is 31.5. The average Bonchev–Trinajstić information content (AvgIpc) is 3.28. The molecule has 0 amide bonds. The molecule has 1 fully saturated rings. The molecule has 0 unspecified atom stereocenters. The molecule has 0 atom stereocenters. The van der Waals surface area contributed by atoms with Crippen LogP contribution in [0, 0.1) is 0 Å². The first kappa shape index (κ1) is 13.4. The van der Waals surface area contributed by atoms with Crippen LogP contribution in [0.15, 0.2) is 12.1 Å². The minimum Gasteiger partial charge on any atom is -0.492 e.